The molecule has 13 heavy (non-hydrogen) atoms. The van der Waals surface area contributed by atoms with Crippen molar-refractivity contribution >= 4 is 33.5 Å². The fraction of sp³-hybridized carbons (Fsp3) is 0.625. The van der Waals surface area contributed by atoms with Gasteiger partial charge in [-0.05, 0) is 40.8 Å². The number of hydrogen-bond donors (Lipinski definition) is 1. The number of unbranched alkanes of at least 4 members (excludes halogenated alkanes) is 1. The third-order valence-corrected chi connectivity index (χ3v) is 3.11. The van der Waals surface area contributed by atoms with E-state index in [1.165, 1.54) is 12.2 Å². The summed E-state index contributed by atoms with van der Waals surface area (Å²) >= 11 is 5.20. The Hall–Kier alpha value is -0.160. The summed E-state index contributed by atoms with van der Waals surface area (Å²) in [5.41, 5.74) is 5.77. The Morgan fingerprint density at radius 1 is 1.62 bits per heavy atom. The first-order valence-corrected chi connectivity index (χ1v) is 6.40. The van der Waals surface area contributed by atoms with Crippen molar-refractivity contribution in [3.05, 3.63) is 10.7 Å². The van der Waals surface area contributed by atoms with Crippen molar-refractivity contribution in [2.24, 2.45) is 0 Å². The molecular weight excluding hydrogens is 250 g/mol. The number of nitrogens with zero attached hydrogens (tertiary/aromatic N) is 2. The lowest BCUT2D eigenvalue weighted by molar-refractivity contribution is 0.581. The molecule has 1 rings (SSSR count). The SMILES string of the molecule is CSCCCCn1ncc(Br)c1N. The number of anilines is 1. The Morgan fingerprint density at radius 2 is 2.38 bits per heavy atom. The quantitative estimate of drug-likeness (QED) is 0.830. The largest absolute Gasteiger partial charge is 0.383 e. The molecular formula is C8H14BrN3S. The van der Waals surface area contributed by atoms with E-state index in [2.05, 4.69) is 27.3 Å². The molecule has 0 aromatic carbocycles. The molecule has 1 aromatic heterocycles. The highest BCUT2D eigenvalue weighted by Crippen LogP contribution is 2.18. The molecule has 0 saturated heterocycles. The smallest absolute Gasteiger partial charge is 0.136 e. The second-order valence-electron chi connectivity index (χ2n) is 2.80. The minimum atomic E-state index is 0.726. The number of aryl methyl sites for hydroxylation is 1. The van der Waals surface area contributed by atoms with Crippen LogP contribution in [0.1, 0.15) is 12.8 Å². The van der Waals surface area contributed by atoms with Crippen molar-refractivity contribution in [1.29, 1.82) is 0 Å². The van der Waals surface area contributed by atoms with E-state index in [9.17, 15) is 0 Å². The van der Waals surface area contributed by atoms with E-state index >= 15 is 0 Å². The number of aromatic nitrogens is 2. The van der Waals surface area contributed by atoms with Crippen LogP contribution >= 0.6 is 27.7 Å². The van der Waals surface area contributed by atoms with E-state index < -0.39 is 0 Å². The zero-order chi connectivity index (χ0) is 9.68. The Bertz CT molecular complexity index is 262. The summed E-state index contributed by atoms with van der Waals surface area (Å²) in [6.45, 7) is 0.915. The molecule has 0 spiro atoms. The van der Waals surface area contributed by atoms with Gasteiger partial charge in [-0.25, -0.2) is 4.68 Å². The molecule has 0 atom stereocenters. The monoisotopic (exact) mass is 263 g/mol. The molecule has 0 unspecified atom stereocenters. The van der Waals surface area contributed by atoms with E-state index in [-0.39, 0.29) is 0 Å². The summed E-state index contributed by atoms with van der Waals surface area (Å²) in [6.07, 6.45) is 6.22. The molecule has 0 saturated carbocycles. The summed E-state index contributed by atoms with van der Waals surface area (Å²) in [5, 5.41) is 4.15. The van der Waals surface area contributed by atoms with Crippen LogP contribution in [0.15, 0.2) is 10.7 Å². The van der Waals surface area contributed by atoms with Crippen LogP contribution in [0, 0.1) is 0 Å². The van der Waals surface area contributed by atoms with E-state index in [1.807, 2.05) is 16.4 Å². The maximum absolute atomic E-state index is 5.77. The summed E-state index contributed by atoms with van der Waals surface area (Å²) < 4.78 is 2.72. The minimum absolute atomic E-state index is 0.726. The Kier molecular flexibility index (Phi) is 4.66. The molecule has 2 N–H and O–H groups in total. The van der Waals surface area contributed by atoms with Gasteiger partial charge < -0.3 is 5.73 Å². The van der Waals surface area contributed by atoms with Gasteiger partial charge in [0.05, 0.1) is 10.7 Å². The van der Waals surface area contributed by atoms with Crippen LogP contribution in [0.3, 0.4) is 0 Å². The molecule has 0 fully saturated rings. The lowest BCUT2D eigenvalue weighted by Crippen LogP contribution is -2.04. The van der Waals surface area contributed by atoms with Gasteiger partial charge in [0, 0.05) is 6.54 Å². The Balaban J connectivity index is 2.32. The van der Waals surface area contributed by atoms with Crippen molar-refractivity contribution in [1.82, 2.24) is 9.78 Å². The summed E-state index contributed by atoms with van der Waals surface area (Å²) in [5.74, 6) is 1.94. The van der Waals surface area contributed by atoms with Crippen LogP contribution in [0.25, 0.3) is 0 Å². The van der Waals surface area contributed by atoms with Crippen LogP contribution in [-0.2, 0) is 6.54 Å². The van der Waals surface area contributed by atoms with E-state index in [1.54, 1.807) is 6.20 Å². The average molecular weight is 264 g/mol. The van der Waals surface area contributed by atoms with Gasteiger partial charge in [-0.15, -0.1) is 0 Å². The van der Waals surface area contributed by atoms with Crippen molar-refractivity contribution < 1.29 is 0 Å². The predicted molar refractivity (Wildman–Crippen MR) is 62.0 cm³/mol. The van der Waals surface area contributed by atoms with E-state index in [0.717, 1.165) is 23.3 Å². The minimum Gasteiger partial charge on any atom is -0.383 e. The maximum atomic E-state index is 5.77. The van der Waals surface area contributed by atoms with Gasteiger partial charge in [0.2, 0.25) is 0 Å². The Morgan fingerprint density at radius 3 is 2.92 bits per heavy atom. The fourth-order valence-corrected chi connectivity index (χ4v) is 1.85. The molecule has 0 amide bonds. The van der Waals surface area contributed by atoms with Crippen LogP contribution in [0.2, 0.25) is 0 Å². The molecule has 0 radical (unpaired) electrons. The molecule has 0 aliphatic carbocycles. The summed E-state index contributed by atoms with van der Waals surface area (Å²) in [6, 6.07) is 0. The summed E-state index contributed by atoms with van der Waals surface area (Å²) in [7, 11) is 0. The van der Waals surface area contributed by atoms with Gasteiger partial charge in [0.25, 0.3) is 0 Å². The molecule has 0 aliphatic rings. The number of halogens is 1. The van der Waals surface area contributed by atoms with E-state index in [4.69, 9.17) is 5.73 Å². The number of thioether (sulfide) groups is 1. The maximum Gasteiger partial charge on any atom is 0.136 e. The average Bonchev–Trinajstić information content (AvgIpc) is 2.43. The lowest BCUT2D eigenvalue weighted by Gasteiger charge is -2.02. The lowest BCUT2D eigenvalue weighted by atomic mass is 10.3. The van der Waals surface area contributed by atoms with Crippen LogP contribution in [0.5, 0.6) is 0 Å². The fourth-order valence-electron chi connectivity index (χ4n) is 1.06. The molecule has 1 heterocycles. The normalized spacial score (nSPS) is 10.6. The van der Waals surface area contributed by atoms with Crippen molar-refractivity contribution in [2.45, 2.75) is 19.4 Å². The highest BCUT2D eigenvalue weighted by molar-refractivity contribution is 9.10. The van der Waals surface area contributed by atoms with Crippen LogP contribution in [0.4, 0.5) is 5.82 Å². The first-order chi connectivity index (χ1) is 6.25. The summed E-state index contributed by atoms with van der Waals surface area (Å²) in [4.78, 5) is 0. The molecule has 1 aromatic rings. The molecule has 3 nitrogen and oxygen atoms in total. The highest BCUT2D eigenvalue weighted by atomic mass is 79.9. The van der Waals surface area contributed by atoms with Gasteiger partial charge in [-0.2, -0.15) is 16.9 Å². The van der Waals surface area contributed by atoms with E-state index in [0.29, 0.717) is 0 Å². The highest BCUT2D eigenvalue weighted by Gasteiger charge is 2.02. The van der Waals surface area contributed by atoms with Crippen LogP contribution in [-0.4, -0.2) is 21.8 Å². The molecule has 0 aliphatic heterocycles. The molecule has 74 valence electrons. The van der Waals surface area contributed by atoms with Gasteiger partial charge in [0.1, 0.15) is 5.82 Å². The third kappa shape index (κ3) is 3.23. The first kappa shape index (κ1) is 10.9. The van der Waals surface area contributed by atoms with Crippen LogP contribution < -0.4 is 5.73 Å². The second kappa shape index (κ2) is 5.54. The first-order valence-electron chi connectivity index (χ1n) is 4.21. The zero-order valence-electron chi connectivity index (χ0n) is 7.66. The Labute approximate surface area is 91.2 Å². The topological polar surface area (TPSA) is 43.8 Å². The number of nitrogen functional groups attached to an aromatic ring is 1. The molecule has 0 bridgehead atoms. The van der Waals surface area contributed by atoms with Gasteiger partial charge in [-0.3, -0.25) is 0 Å². The van der Waals surface area contributed by atoms with Crippen molar-refractivity contribution in [2.75, 3.05) is 17.7 Å². The predicted octanol–water partition coefficient (Wildman–Crippen LogP) is 2.37. The van der Waals surface area contributed by atoms with Gasteiger partial charge in [0.15, 0.2) is 0 Å². The van der Waals surface area contributed by atoms with Gasteiger partial charge in [-0.1, -0.05) is 0 Å². The number of rotatable bonds is 5. The number of nitrogens with two attached hydrogens (primary N) is 1. The third-order valence-electron chi connectivity index (χ3n) is 1.80. The number of hydrogen-bond acceptors (Lipinski definition) is 3. The standard InChI is InChI=1S/C8H14BrN3S/c1-13-5-3-2-4-12-8(10)7(9)6-11-12/h6H,2-5,10H2,1H3. The second-order valence-corrected chi connectivity index (χ2v) is 4.64. The van der Waals surface area contributed by atoms with Crippen molar-refractivity contribution in [3.63, 3.8) is 0 Å². The zero-order valence-corrected chi connectivity index (χ0v) is 10.1. The van der Waals surface area contributed by atoms with Crippen molar-refractivity contribution in [3.8, 4) is 0 Å². The van der Waals surface area contributed by atoms with Gasteiger partial charge >= 0.3 is 0 Å². The molecule has 5 heteroatoms.